The zero-order chi connectivity index (χ0) is 10.6. The van der Waals surface area contributed by atoms with Crippen molar-refractivity contribution in [3.8, 4) is 0 Å². The Morgan fingerprint density at radius 2 is 2.14 bits per heavy atom. The van der Waals surface area contributed by atoms with Gasteiger partial charge in [0.2, 0.25) is 0 Å². The van der Waals surface area contributed by atoms with Gasteiger partial charge in [-0.05, 0) is 25.0 Å². The van der Waals surface area contributed by atoms with Crippen LogP contribution in [0.5, 0.6) is 0 Å². The summed E-state index contributed by atoms with van der Waals surface area (Å²) in [5.41, 5.74) is 2.67. The first-order valence-corrected chi connectivity index (χ1v) is 5.52. The summed E-state index contributed by atoms with van der Waals surface area (Å²) >= 11 is 3.34. The van der Waals surface area contributed by atoms with E-state index in [0.29, 0.717) is 6.04 Å². The van der Waals surface area contributed by atoms with Crippen LogP contribution in [0.2, 0.25) is 0 Å². The van der Waals surface area contributed by atoms with E-state index in [2.05, 4.69) is 65.9 Å². The van der Waals surface area contributed by atoms with Crippen molar-refractivity contribution in [1.29, 1.82) is 0 Å². The Hall–Kier alpha value is -0.600. The van der Waals surface area contributed by atoms with Gasteiger partial charge in [-0.1, -0.05) is 46.8 Å². The normalized spacial score (nSPS) is 12.5. The van der Waals surface area contributed by atoms with E-state index in [-0.39, 0.29) is 0 Å². The van der Waals surface area contributed by atoms with Crippen LogP contribution in [0, 0.1) is 6.92 Å². The first-order chi connectivity index (χ1) is 6.61. The molecule has 0 fully saturated rings. The lowest BCUT2D eigenvalue weighted by Crippen LogP contribution is -2.20. The standard InChI is InChI=1S/C12H16BrN/c1-9-6-4-5-7-12(9)11(3)14-8-10(2)13/h4-7,11,14H,2,8H2,1,3H3. The molecule has 0 aliphatic carbocycles. The molecule has 1 nitrogen and oxygen atoms in total. The molecule has 0 radical (unpaired) electrons. The molecule has 0 heterocycles. The largest absolute Gasteiger partial charge is 0.306 e. The van der Waals surface area contributed by atoms with E-state index < -0.39 is 0 Å². The van der Waals surface area contributed by atoms with Gasteiger partial charge in [0.05, 0.1) is 0 Å². The van der Waals surface area contributed by atoms with Gasteiger partial charge in [0.25, 0.3) is 0 Å². The number of aryl methyl sites for hydroxylation is 1. The summed E-state index contributed by atoms with van der Waals surface area (Å²) in [5, 5.41) is 3.39. The van der Waals surface area contributed by atoms with Gasteiger partial charge in [-0.3, -0.25) is 0 Å². The molecule has 0 spiro atoms. The van der Waals surface area contributed by atoms with Crippen LogP contribution in [0.15, 0.2) is 35.3 Å². The van der Waals surface area contributed by atoms with Crippen LogP contribution >= 0.6 is 15.9 Å². The van der Waals surface area contributed by atoms with Crippen molar-refractivity contribution < 1.29 is 0 Å². The summed E-state index contributed by atoms with van der Waals surface area (Å²) in [6.45, 7) is 8.90. The second-order valence-electron chi connectivity index (χ2n) is 3.48. The SMILES string of the molecule is C=C(Br)CNC(C)c1ccccc1C. The Morgan fingerprint density at radius 1 is 1.50 bits per heavy atom. The molecule has 1 aromatic rings. The number of nitrogens with one attached hydrogen (secondary N) is 1. The highest BCUT2D eigenvalue weighted by molar-refractivity contribution is 9.11. The van der Waals surface area contributed by atoms with Gasteiger partial charge in [0.15, 0.2) is 0 Å². The Morgan fingerprint density at radius 3 is 2.71 bits per heavy atom. The third-order valence-electron chi connectivity index (χ3n) is 2.26. The number of halogens is 1. The molecule has 0 saturated carbocycles. The van der Waals surface area contributed by atoms with Crippen molar-refractivity contribution in [3.63, 3.8) is 0 Å². The quantitative estimate of drug-likeness (QED) is 0.866. The molecule has 1 N–H and O–H groups in total. The average Bonchev–Trinajstić information content (AvgIpc) is 2.15. The average molecular weight is 254 g/mol. The lowest BCUT2D eigenvalue weighted by atomic mass is 10.0. The molecule has 14 heavy (non-hydrogen) atoms. The van der Waals surface area contributed by atoms with Gasteiger partial charge in [-0.15, -0.1) is 0 Å². The van der Waals surface area contributed by atoms with E-state index >= 15 is 0 Å². The van der Waals surface area contributed by atoms with E-state index in [1.165, 1.54) is 11.1 Å². The topological polar surface area (TPSA) is 12.0 Å². The molecule has 76 valence electrons. The summed E-state index contributed by atoms with van der Waals surface area (Å²) in [6, 6.07) is 8.80. The number of hydrogen-bond acceptors (Lipinski definition) is 1. The van der Waals surface area contributed by atoms with E-state index in [9.17, 15) is 0 Å². The molecule has 0 aromatic heterocycles. The highest BCUT2D eigenvalue weighted by Crippen LogP contribution is 2.16. The molecule has 1 atom stereocenters. The second kappa shape index (κ2) is 5.32. The first-order valence-electron chi connectivity index (χ1n) is 4.73. The van der Waals surface area contributed by atoms with Gasteiger partial charge in [0.1, 0.15) is 0 Å². The fraction of sp³-hybridized carbons (Fsp3) is 0.333. The zero-order valence-electron chi connectivity index (χ0n) is 8.68. The summed E-state index contributed by atoms with van der Waals surface area (Å²) < 4.78 is 0.984. The minimum Gasteiger partial charge on any atom is -0.306 e. The van der Waals surface area contributed by atoms with Gasteiger partial charge in [-0.2, -0.15) is 0 Å². The third kappa shape index (κ3) is 3.28. The minimum atomic E-state index is 0.366. The van der Waals surface area contributed by atoms with Crippen LogP contribution in [-0.4, -0.2) is 6.54 Å². The third-order valence-corrected chi connectivity index (χ3v) is 2.54. The molecule has 0 saturated heterocycles. The molecule has 0 aliphatic rings. The van der Waals surface area contributed by atoms with Crippen LogP contribution in [0.4, 0.5) is 0 Å². The Balaban J connectivity index is 2.65. The summed E-state index contributed by atoms with van der Waals surface area (Å²) in [5.74, 6) is 0. The minimum absolute atomic E-state index is 0.366. The number of hydrogen-bond donors (Lipinski definition) is 1. The van der Waals surface area contributed by atoms with E-state index in [1.807, 2.05) is 0 Å². The van der Waals surface area contributed by atoms with Gasteiger partial charge in [-0.25, -0.2) is 0 Å². The van der Waals surface area contributed by atoms with Crippen molar-refractivity contribution in [2.24, 2.45) is 0 Å². The molecular formula is C12H16BrN. The molecule has 2 heteroatoms. The van der Waals surface area contributed by atoms with E-state index in [1.54, 1.807) is 0 Å². The Kier molecular flexibility index (Phi) is 4.36. The fourth-order valence-electron chi connectivity index (χ4n) is 1.45. The second-order valence-corrected chi connectivity index (χ2v) is 4.60. The molecule has 1 rings (SSSR count). The van der Waals surface area contributed by atoms with Gasteiger partial charge >= 0.3 is 0 Å². The summed E-state index contributed by atoms with van der Waals surface area (Å²) in [4.78, 5) is 0. The number of benzene rings is 1. The van der Waals surface area contributed by atoms with Crippen molar-refractivity contribution in [2.45, 2.75) is 19.9 Å². The lowest BCUT2D eigenvalue weighted by Gasteiger charge is -2.15. The maximum absolute atomic E-state index is 3.80. The fourth-order valence-corrected chi connectivity index (χ4v) is 1.61. The zero-order valence-corrected chi connectivity index (χ0v) is 10.3. The molecule has 0 amide bonds. The molecule has 1 aromatic carbocycles. The maximum Gasteiger partial charge on any atom is 0.0297 e. The predicted octanol–water partition coefficient (Wildman–Crippen LogP) is 3.55. The van der Waals surface area contributed by atoms with Crippen LogP contribution < -0.4 is 5.32 Å². The highest BCUT2D eigenvalue weighted by Gasteiger charge is 2.06. The molecule has 1 unspecified atom stereocenters. The smallest absolute Gasteiger partial charge is 0.0297 e. The van der Waals surface area contributed by atoms with Crippen LogP contribution in [0.3, 0.4) is 0 Å². The summed E-state index contributed by atoms with van der Waals surface area (Å²) in [6.07, 6.45) is 0. The summed E-state index contributed by atoms with van der Waals surface area (Å²) in [7, 11) is 0. The van der Waals surface area contributed by atoms with Crippen LogP contribution in [-0.2, 0) is 0 Å². The van der Waals surface area contributed by atoms with Gasteiger partial charge < -0.3 is 5.32 Å². The molecular weight excluding hydrogens is 238 g/mol. The van der Waals surface area contributed by atoms with Crippen molar-refractivity contribution in [3.05, 3.63) is 46.5 Å². The molecule has 0 bridgehead atoms. The number of rotatable bonds is 4. The van der Waals surface area contributed by atoms with Crippen LogP contribution in [0.25, 0.3) is 0 Å². The molecule has 0 aliphatic heterocycles. The van der Waals surface area contributed by atoms with Crippen molar-refractivity contribution >= 4 is 15.9 Å². The highest BCUT2D eigenvalue weighted by atomic mass is 79.9. The first kappa shape index (κ1) is 11.5. The van der Waals surface area contributed by atoms with E-state index in [0.717, 1.165) is 11.0 Å². The van der Waals surface area contributed by atoms with E-state index in [4.69, 9.17) is 0 Å². The lowest BCUT2D eigenvalue weighted by molar-refractivity contribution is 0.612. The Bertz CT molecular complexity index is 320. The van der Waals surface area contributed by atoms with Crippen molar-refractivity contribution in [2.75, 3.05) is 6.54 Å². The van der Waals surface area contributed by atoms with Gasteiger partial charge in [0, 0.05) is 17.1 Å². The van der Waals surface area contributed by atoms with Crippen molar-refractivity contribution in [1.82, 2.24) is 5.32 Å². The Labute approximate surface area is 94.3 Å². The monoisotopic (exact) mass is 253 g/mol. The maximum atomic E-state index is 3.80. The predicted molar refractivity (Wildman–Crippen MR) is 65.7 cm³/mol. The van der Waals surface area contributed by atoms with Crippen LogP contribution in [0.1, 0.15) is 24.1 Å².